The van der Waals surface area contributed by atoms with E-state index in [9.17, 15) is 13.2 Å². The summed E-state index contributed by atoms with van der Waals surface area (Å²) in [5.41, 5.74) is 1.79. The lowest BCUT2D eigenvalue weighted by Gasteiger charge is -2.36. The number of aryl methyl sites for hydroxylation is 1. The molecule has 0 bridgehead atoms. The number of nitrogens with one attached hydrogen (secondary N) is 1. The first-order valence-electron chi connectivity index (χ1n) is 10.6. The van der Waals surface area contributed by atoms with Crippen LogP contribution >= 0.6 is 11.3 Å². The summed E-state index contributed by atoms with van der Waals surface area (Å²) in [7, 11) is -2.02. The average Bonchev–Trinajstić information content (AvgIpc) is 3.29. The Morgan fingerprint density at radius 1 is 1.09 bits per heavy atom. The number of carbonyl (C=O) groups is 1. The molecule has 0 saturated carbocycles. The van der Waals surface area contributed by atoms with Gasteiger partial charge in [0.15, 0.2) is 5.13 Å². The largest absolute Gasteiger partial charge is 0.497 e. The standard InChI is InChI=1S/C23H26N4O4S2/c1-31-20-7-5-6-19(16-20)26-12-14-27(15-13-26)22(28)11-10-18-17-32-23(24-18)25-33(29,30)21-8-3-2-4-9-21/h2-9,16-17H,10-15H2,1H3,(H,24,25). The zero-order valence-electron chi connectivity index (χ0n) is 18.3. The number of amides is 1. The second kappa shape index (κ2) is 10.2. The average molecular weight is 487 g/mol. The van der Waals surface area contributed by atoms with Gasteiger partial charge in [0.1, 0.15) is 5.75 Å². The van der Waals surface area contributed by atoms with Crippen LogP contribution in [0.15, 0.2) is 64.9 Å². The molecule has 1 aromatic heterocycles. The third-order valence-electron chi connectivity index (χ3n) is 5.47. The number of aromatic nitrogens is 1. The van der Waals surface area contributed by atoms with Crippen molar-refractivity contribution in [3.8, 4) is 5.75 Å². The first-order valence-corrected chi connectivity index (χ1v) is 13.0. The van der Waals surface area contributed by atoms with Crippen LogP contribution in [0.1, 0.15) is 12.1 Å². The van der Waals surface area contributed by atoms with E-state index in [0.717, 1.165) is 24.5 Å². The number of anilines is 2. The lowest BCUT2D eigenvalue weighted by molar-refractivity contribution is -0.131. The molecule has 1 saturated heterocycles. The van der Waals surface area contributed by atoms with Crippen LogP contribution in [0.4, 0.5) is 10.8 Å². The quantitative estimate of drug-likeness (QED) is 0.526. The molecule has 0 atom stereocenters. The van der Waals surface area contributed by atoms with E-state index in [1.54, 1.807) is 30.7 Å². The number of sulfonamides is 1. The van der Waals surface area contributed by atoms with Crippen LogP contribution in [-0.2, 0) is 21.2 Å². The monoisotopic (exact) mass is 486 g/mol. The highest BCUT2D eigenvalue weighted by atomic mass is 32.2. The molecule has 1 amide bonds. The number of thiazole rings is 1. The molecule has 8 nitrogen and oxygen atoms in total. The van der Waals surface area contributed by atoms with Gasteiger partial charge in [-0.25, -0.2) is 13.4 Å². The van der Waals surface area contributed by atoms with Gasteiger partial charge in [-0.15, -0.1) is 11.3 Å². The molecule has 1 aliphatic rings. The molecule has 33 heavy (non-hydrogen) atoms. The van der Waals surface area contributed by atoms with Crippen LogP contribution < -0.4 is 14.4 Å². The number of hydrogen-bond acceptors (Lipinski definition) is 7. The summed E-state index contributed by atoms with van der Waals surface area (Å²) in [6.45, 7) is 2.85. The van der Waals surface area contributed by atoms with Crippen LogP contribution in [0.2, 0.25) is 0 Å². The summed E-state index contributed by atoms with van der Waals surface area (Å²) >= 11 is 1.22. The summed E-state index contributed by atoms with van der Waals surface area (Å²) in [5, 5.41) is 2.09. The molecule has 1 aliphatic heterocycles. The van der Waals surface area contributed by atoms with Crippen molar-refractivity contribution in [3.63, 3.8) is 0 Å². The lowest BCUT2D eigenvalue weighted by Crippen LogP contribution is -2.48. The van der Waals surface area contributed by atoms with E-state index in [4.69, 9.17) is 4.74 Å². The predicted octanol–water partition coefficient (Wildman–Crippen LogP) is 3.23. The molecule has 2 aromatic carbocycles. The van der Waals surface area contributed by atoms with Crippen molar-refractivity contribution in [2.75, 3.05) is 42.9 Å². The minimum Gasteiger partial charge on any atom is -0.497 e. The molecular formula is C23H26N4O4S2. The minimum atomic E-state index is -3.67. The zero-order chi connectivity index (χ0) is 23.3. The van der Waals surface area contributed by atoms with E-state index in [0.29, 0.717) is 36.8 Å². The maximum absolute atomic E-state index is 12.7. The molecule has 174 valence electrons. The Kier molecular flexibility index (Phi) is 7.14. The Labute approximate surface area is 197 Å². The van der Waals surface area contributed by atoms with Crippen molar-refractivity contribution in [3.05, 3.63) is 65.7 Å². The third-order valence-corrected chi connectivity index (χ3v) is 7.76. The van der Waals surface area contributed by atoms with Crippen molar-refractivity contribution < 1.29 is 17.9 Å². The predicted molar refractivity (Wildman–Crippen MR) is 129 cm³/mol. The highest BCUT2D eigenvalue weighted by Gasteiger charge is 2.22. The van der Waals surface area contributed by atoms with Crippen molar-refractivity contribution in [1.82, 2.24) is 9.88 Å². The molecule has 4 rings (SSSR count). The first kappa shape index (κ1) is 23.1. The number of methoxy groups -OCH3 is 1. The van der Waals surface area contributed by atoms with Gasteiger partial charge in [0, 0.05) is 49.7 Å². The molecule has 0 aliphatic carbocycles. The summed E-state index contributed by atoms with van der Waals surface area (Å²) in [6.07, 6.45) is 0.812. The van der Waals surface area contributed by atoms with Crippen LogP contribution in [0.3, 0.4) is 0 Å². The topological polar surface area (TPSA) is 91.8 Å². The smallest absolute Gasteiger partial charge is 0.263 e. The normalized spacial score (nSPS) is 14.2. The highest BCUT2D eigenvalue weighted by molar-refractivity contribution is 7.93. The van der Waals surface area contributed by atoms with Crippen LogP contribution in [0.5, 0.6) is 5.75 Å². The molecule has 3 aromatic rings. The number of rotatable bonds is 8. The van der Waals surface area contributed by atoms with E-state index in [2.05, 4.69) is 14.6 Å². The van der Waals surface area contributed by atoms with E-state index < -0.39 is 10.0 Å². The van der Waals surface area contributed by atoms with Gasteiger partial charge >= 0.3 is 0 Å². The van der Waals surface area contributed by atoms with Crippen molar-refractivity contribution >= 4 is 38.1 Å². The Morgan fingerprint density at radius 2 is 1.85 bits per heavy atom. The SMILES string of the molecule is COc1cccc(N2CCN(C(=O)CCc3csc(NS(=O)(=O)c4ccccc4)n3)CC2)c1. The van der Waals surface area contributed by atoms with E-state index in [-0.39, 0.29) is 10.8 Å². The summed E-state index contributed by atoms with van der Waals surface area (Å²) in [5.74, 6) is 0.902. The highest BCUT2D eigenvalue weighted by Crippen LogP contribution is 2.23. The number of nitrogens with zero attached hydrogens (tertiary/aromatic N) is 3. The van der Waals surface area contributed by atoms with Crippen LogP contribution in [0, 0.1) is 0 Å². The number of hydrogen-bond donors (Lipinski definition) is 1. The second-order valence-electron chi connectivity index (χ2n) is 7.63. The second-order valence-corrected chi connectivity index (χ2v) is 10.2. The van der Waals surface area contributed by atoms with Gasteiger partial charge < -0.3 is 14.5 Å². The Morgan fingerprint density at radius 3 is 2.58 bits per heavy atom. The Bertz CT molecular complexity index is 1190. The number of ether oxygens (including phenoxy) is 1. The first-order chi connectivity index (χ1) is 15.9. The number of piperazine rings is 1. The van der Waals surface area contributed by atoms with E-state index in [1.807, 2.05) is 29.2 Å². The molecule has 0 unspecified atom stereocenters. The number of benzene rings is 2. The van der Waals surface area contributed by atoms with Crippen LogP contribution in [0.25, 0.3) is 0 Å². The minimum absolute atomic E-state index is 0.0831. The van der Waals surface area contributed by atoms with Gasteiger partial charge in [0.2, 0.25) is 5.91 Å². The van der Waals surface area contributed by atoms with Crippen LogP contribution in [-0.4, -0.2) is 57.5 Å². The van der Waals surface area contributed by atoms with Gasteiger partial charge in [-0.3, -0.25) is 9.52 Å². The fourth-order valence-corrected chi connectivity index (χ4v) is 5.68. The lowest BCUT2D eigenvalue weighted by atomic mass is 10.2. The maximum Gasteiger partial charge on any atom is 0.263 e. The number of carbonyl (C=O) groups excluding carboxylic acids is 1. The summed E-state index contributed by atoms with van der Waals surface area (Å²) < 4.78 is 32.7. The molecule has 0 radical (unpaired) electrons. The molecule has 10 heteroatoms. The van der Waals surface area contributed by atoms with Crippen molar-refractivity contribution in [2.45, 2.75) is 17.7 Å². The van der Waals surface area contributed by atoms with Crippen molar-refractivity contribution in [2.24, 2.45) is 0 Å². The van der Waals surface area contributed by atoms with E-state index >= 15 is 0 Å². The van der Waals surface area contributed by atoms with E-state index in [1.165, 1.54) is 23.5 Å². The maximum atomic E-state index is 12.7. The molecule has 0 spiro atoms. The Balaban J connectivity index is 1.26. The fourth-order valence-electron chi connectivity index (χ4n) is 3.66. The van der Waals surface area contributed by atoms with Gasteiger partial charge in [0.05, 0.1) is 17.7 Å². The molecule has 1 N–H and O–H groups in total. The summed E-state index contributed by atoms with van der Waals surface area (Å²) in [6, 6.07) is 16.1. The van der Waals surface area contributed by atoms with Gasteiger partial charge in [-0.05, 0) is 30.7 Å². The molecule has 2 heterocycles. The van der Waals surface area contributed by atoms with Gasteiger partial charge in [-0.1, -0.05) is 24.3 Å². The summed E-state index contributed by atoms with van der Waals surface area (Å²) in [4.78, 5) is 21.3. The molecule has 1 fully saturated rings. The van der Waals surface area contributed by atoms with Gasteiger partial charge in [0.25, 0.3) is 10.0 Å². The van der Waals surface area contributed by atoms with Gasteiger partial charge in [-0.2, -0.15) is 0 Å². The fraction of sp³-hybridized carbons (Fsp3) is 0.304. The third kappa shape index (κ3) is 5.82. The van der Waals surface area contributed by atoms with Crippen molar-refractivity contribution in [1.29, 1.82) is 0 Å². The Hall–Kier alpha value is -3.11. The molecular weight excluding hydrogens is 460 g/mol. The zero-order valence-corrected chi connectivity index (χ0v) is 19.9.